The Balaban J connectivity index is 2.64. The van der Waals surface area contributed by atoms with Crippen LogP contribution in [0.1, 0.15) is 19.8 Å². The molecule has 16 heavy (non-hydrogen) atoms. The summed E-state index contributed by atoms with van der Waals surface area (Å²) in [6.45, 7) is 1.81. The van der Waals surface area contributed by atoms with Gasteiger partial charge in [-0.2, -0.15) is 0 Å². The number of hydrazine groups is 1. The van der Waals surface area contributed by atoms with Gasteiger partial charge in [-0.05, 0) is 19.8 Å². The summed E-state index contributed by atoms with van der Waals surface area (Å²) in [5.41, 5.74) is 2.55. The van der Waals surface area contributed by atoms with E-state index in [0.717, 1.165) is 0 Å². The van der Waals surface area contributed by atoms with E-state index in [-0.39, 0.29) is 0 Å². The van der Waals surface area contributed by atoms with Gasteiger partial charge in [0.15, 0.2) is 0 Å². The maximum absolute atomic E-state index is 10.8. The third kappa shape index (κ3) is 2.91. The van der Waals surface area contributed by atoms with Gasteiger partial charge >= 0.3 is 11.9 Å². The van der Waals surface area contributed by atoms with Crippen LogP contribution in [0.2, 0.25) is 0 Å². The second kappa shape index (κ2) is 5.24. The molecule has 0 bridgehead atoms. The molecule has 0 aromatic carbocycles. The lowest BCUT2D eigenvalue weighted by Crippen LogP contribution is -2.56. The van der Waals surface area contributed by atoms with E-state index >= 15 is 0 Å². The van der Waals surface area contributed by atoms with Crippen molar-refractivity contribution in [1.29, 1.82) is 0 Å². The van der Waals surface area contributed by atoms with Crippen molar-refractivity contribution < 1.29 is 24.9 Å². The largest absolute Gasteiger partial charge is 0.480 e. The highest BCUT2D eigenvalue weighted by atomic mass is 16.4. The minimum Gasteiger partial charge on any atom is -0.480 e. The molecule has 0 amide bonds. The normalized spacial score (nSPS) is 25.2. The van der Waals surface area contributed by atoms with E-state index in [1.807, 2.05) is 0 Å². The second-order valence-electron chi connectivity index (χ2n) is 3.88. The lowest BCUT2D eigenvalue weighted by atomic mass is 10.2. The highest BCUT2D eigenvalue weighted by Crippen LogP contribution is 2.15. The van der Waals surface area contributed by atoms with Crippen molar-refractivity contribution in [2.24, 2.45) is 0 Å². The maximum Gasteiger partial charge on any atom is 0.324 e. The number of nitrogens with one attached hydrogen (secondary N) is 1. The zero-order chi connectivity index (χ0) is 12.3. The first-order valence-corrected chi connectivity index (χ1v) is 5.10. The van der Waals surface area contributed by atoms with Crippen LogP contribution in [0.5, 0.6) is 0 Å². The fourth-order valence-electron chi connectivity index (χ4n) is 1.73. The van der Waals surface area contributed by atoms with Crippen molar-refractivity contribution in [2.75, 3.05) is 6.54 Å². The molecule has 0 aromatic rings. The molecule has 0 unspecified atom stereocenters. The third-order valence-corrected chi connectivity index (χ3v) is 2.59. The maximum atomic E-state index is 10.8. The summed E-state index contributed by atoms with van der Waals surface area (Å²) in [6.07, 6.45) is 0.0810. The molecule has 1 heterocycles. The van der Waals surface area contributed by atoms with Crippen LogP contribution in [0.3, 0.4) is 0 Å². The smallest absolute Gasteiger partial charge is 0.324 e. The average molecular weight is 232 g/mol. The van der Waals surface area contributed by atoms with E-state index in [4.69, 9.17) is 10.2 Å². The van der Waals surface area contributed by atoms with Gasteiger partial charge in [-0.3, -0.25) is 9.59 Å². The lowest BCUT2D eigenvalue weighted by molar-refractivity contribution is -0.149. The van der Waals surface area contributed by atoms with Gasteiger partial charge in [0.05, 0.1) is 6.10 Å². The van der Waals surface area contributed by atoms with E-state index in [9.17, 15) is 14.7 Å². The van der Waals surface area contributed by atoms with E-state index in [1.54, 1.807) is 0 Å². The summed E-state index contributed by atoms with van der Waals surface area (Å²) in [5, 5.41) is 28.3. The molecule has 1 fully saturated rings. The van der Waals surface area contributed by atoms with Crippen LogP contribution in [0.25, 0.3) is 0 Å². The van der Waals surface area contributed by atoms with Crippen LogP contribution in [-0.4, -0.2) is 57.0 Å². The number of rotatable bonds is 5. The van der Waals surface area contributed by atoms with Crippen LogP contribution in [0, 0.1) is 0 Å². The molecular formula is C9H16N2O5. The van der Waals surface area contributed by atoms with Gasteiger partial charge < -0.3 is 15.3 Å². The van der Waals surface area contributed by atoms with E-state index in [1.165, 1.54) is 11.9 Å². The minimum atomic E-state index is -1.20. The van der Waals surface area contributed by atoms with Gasteiger partial charge in [-0.1, -0.05) is 0 Å². The van der Waals surface area contributed by atoms with Crippen molar-refractivity contribution in [3.63, 3.8) is 0 Å². The Morgan fingerprint density at radius 3 is 2.50 bits per heavy atom. The number of carboxylic acids is 2. The molecule has 0 aromatic heterocycles. The van der Waals surface area contributed by atoms with Crippen molar-refractivity contribution in [1.82, 2.24) is 10.4 Å². The quantitative estimate of drug-likeness (QED) is 0.475. The topological polar surface area (TPSA) is 110 Å². The molecule has 1 aliphatic rings. The molecule has 0 aliphatic carbocycles. The molecule has 7 heteroatoms. The Bertz CT molecular complexity index is 281. The Morgan fingerprint density at radius 1 is 1.44 bits per heavy atom. The number of aliphatic carboxylic acids is 2. The van der Waals surface area contributed by atoms with Crippen molar-refractivity contribution in [3.8, 4) is 0 Å². The summed E-state index contributed by atoms with van der Waals surface area (Å²) in [7, 11) is 0. The van der Waals surface area contributed by atoms with Crippen LogP contribution >= 0.6 is 0 Å². The molecule has 0 saturated carbocycles. The number of aliphatic hydroxyl groups is 1. The predicted octanol–water partition coefficient (Wildman–Crippen LogP) is -1.13. The predicted molar refractivity (Wildman–Crippen MR) is 53.6 cm³/mol. The van der Waals surface area contributed by atoms with Crippen LogP contribution < -0.4 is 5.43 Å². The van der Waals surface area contributed by atoms with E-state index in [2.05, 4.69) is 5.43 Å². The molecular weight excluding hydrogens is 216 g/mol. The highest BCUT2D eigenvalue weighted by molar-refractivity contribution is 5.75. The fourth-order valence-corrected chi connectivity index (χ4v) is 1.73. The first kappa shape index (κ1) is 12.9. The summed E-state index contributed by atoms with van der Waals surface area (Å²) < 4.78 is 0. The Hall–Kier alpha value is -1.18. The van der Waals surface area contributed by atoms with Gasteiger partial charge in [0.1, 0.15) is 12.1 Å². The molecule has 7 nitrogen and oxygen atoms in total. The fraction of sp³-hybridized carbons (Fsp3) is 0.778. The Morgan fingerprint density at radius 2 is 2.06 bits per heavy atom. The molecule has 0 spiro atoms. The summed E-state index contributed by atoms with van der Waals surface area (Å²) >= 11 is 0. The number of carboxylic acid groups (broad SMARTS) is 2. The molecule has 0 radical (unpaired) electrons. The molecule has 4 N–H and O–H groups in total. The summed E-state index contributed by atoms with van der Waals surface area (Å²) in [5.74, 6) is -2.19. The first-order valence-electron chi connectivity index (χ1n) is 5.10. The summed E-state index contributed by atoms with van der Waals surface area (Å²) in [6, 6.07) is -1.90. The number of carbonyl (C=O) groups is 2. The number of nitrogens with zero attached hydrogens (tertiary/aromatic N) is 1. The monoisotopic (exact) mass is 232 g/mol. The van der Waals surface area contributed by atoms with Crippen molar-refractivity contribution >= 4 is 11.9 Å². The van der Waals surface area contributed by atoms with Gasteiger partial charge in [-0.15, -0.1) is 0 Å². The summed E-state index contributed by atoms with van der Waals surface area (Å²) in [4.78, 5) is 21.7. The third-order valence-electron chi connectivity index (χ3n) is 2.59. The number of aliphatic hydroxyl groups excluding tert-OH is 1. The minimum absolute atomic E-state index is 0.466. The second-order valence-corrected chi connectivity index (χ2v) is 3.88. The number of hydrogen-bond acceptors (Lipinski definition) is 5. The molecule has 1 saturated heterocycles. The van der Waals surface area contributed by atoms with Crippen LogP contribution in [-0.2, 0) is 9.59 Å². The van der Waals surface area contributed by atoms with Crippen molar-refractivity contribution in [3.05, 3.63) is 0 Å². The molecule has 1 rings (SSSR count). The average Bonchev–Trinajstić information content (AvgIpc) is 2.60. The standard InChI is InChI=1S/C9H16N2O5/c1-5(12)7(9(15)16)10-11-4-2-3-6(11)8(13)14/h5-7,10,12H,2-4H2,1H3,(H,13,14)(H,15,16)/t5-,6+,7+/m1/s1. The van der Waals surface area contributed by atoms with Gasteiger partial charge in [0, 0.05) is 6.54 Å². The van der Waals surface area contributed by atoms with Crippen LogP contribution in [0.4, 0.5) is 0 Å². The van der Waals surface area contributed by atoms with Gasteiger partial charge in [0.2, 0.25) is 0 Å². The Labute approximate surface area is 92.6 Å². The highest BCUT2D eigenvalue weighted by Gasteiger charge is 2.34. The number of hydrogen-bond donors (Lipinski definition) is 4. The Kier molecular flexibility index (Phi) is 4.22. The SMILES string of the molecule is C[C@@H](O)[C@H](NN1CCC[C@H]1C(=O)O)C(=O)O. The van der Waals surface area contributed by atoms with Crippen molar-refractivity contribution in [2.45, 2.75) is 38.0 Å². The van der Waals surface area contributed by atoms with Gasteiger partial charge in [-0.25, -0.2) is 10.4 Å². The molecule has 3 atom stereocenters. The van der Waals surface area contributed by atoms with Gasteiger partial charge in [0.25, 0.3) is 0 Å². The van der Waals surface area contributed by atoms with E-state index in [0.29, 0.717) is 19.4 Å². The lowest BCUT2D eigenvalue weighted by Gasteiger charge is -2.27. The molecule has 1 aliphatic heterocycles. The zero-order valence-electron chi connectivity index (χ0n) is 8.96. The zero-order valence-corrected chi connectivity index (χ0v) is 8.96. The first-order chi connectivity index (χ1) is 7.43. The molecule has 92 valence electrons. The van der Waals surface area contributed by atoms with Crippen LogP contribution in [0.15, 0.2) is 0 Å². The van der Waals surface area contributed by atoms with E-state index < -0.39 is 30.1 Å².